The fourth-order valence-corrected chi connectivity index (χ4v) is 2.90. The molecule has 0 spiro atoms. The number of fused-ring (bicyclic) bond motifs is 2. The first kappa shape index (κ1) is 8.28. The maximum Gasteiger partial charge on any atom is 0.00187 e. The zero-order valence-electron chi connectivity index (χ0n) is 8.39. The minimum absolute atomic E-state index is 0.675. The van der Waals surface area contributed by atoms with Crippen LogP contribution in [-0.2, 0) is 0 Å². The molecule has 0 saturated carbocycles. The van der Waals surface area contributed by atoms with E-state index in [1.165, 1.54) is 19.3 Å². The molecule has 0 aromatic rings. The van der Waals surface area contributed by atoms with Gasteiger partial charge in [-0.1, -0.05) is 42.5 Å². The number of hydrogen-bond donors (Lipinski definition) is 0. The topological polar surface area (TPSA) is 0 Å². The summed E-state index contributed by atoms with van der Waals surface area (Å²) in [7, 11) is 0. The van der Waals surface area contributed by atoms with Crippen molar-refractivity contribution in [1.29, 1.82) is 0 Å². The lowest BCUT2D eigenvalue weighted by atomic mass is 9.70. The van der Waals surface area contributed by atoms with Crippen LogP contribution in [-0.4, -0.2) is 0 Å². The second-order valence-electron chi connectivity index (χ2n) is 4.59. The first-order valence-electron chi connectivity index (χ1n) is 5.67. The van der Waals surface area contributed by atoms with Gasteiger partial charge >= 0.3 is 0 Å². The third-order valence-electron chi connectivity index (χ3n) is 3.70. The molecule has 2 unspecified atom stereocenters. The van der Waals surface area contributed by atoms with Crippen LogP contribution in [0.4, 0.5) is 0 Å². The molecule has 3 rings (SSSR count). The van der Waals surface area contributed by atoms with E-state index in [-0.39, 0.29) is 0 Å². The molecule has 14 heavy (non-hydrogen) atoms. The molecule has 0 nitrogen and oxygen atoms in total. The lowest BCUT2D eigenvalue weighted by Crippen LogP contribution is -2.23. The third-order valence-corrected chi connectivity index (χ3v) is 3.70. The molecule has 0 heteroatoms. The number of allylic oxidation sites excluding steroid dienone is 8. The molecule has 3 atom stereocenters. The van der Waals surface area contributed by atoms with Gasteiger partial charge in [0, 0.05) is 5.92 Å². The van der Waals surface area contributed by atoms with Crippen molar-refractivity contribution in [3.63, 3.8) is 0 Å². The van der Waals surface area contributed by atoms with E-state index < -0.39 is 0 Å². The second kappa shape index (κ2) is 3.27. The Hall–Kier alpha value is -1.04. The normalized spacial score (nSPS) is 38.9. The van der Waals surface area contributed by atoms with Gasteiger partial charge in [0.25, 0.3) is 0 Å². The zero-order valence-corrected chi connectivity index (χ0v) is 8.39. The Labute approximate surface area is 85.7 Å². The Morgan fingerprint density at radius 1 is 1.14 bits per heavy atom. The summed E-state index contributed by atoms with van der Waals surface area (Å²) in [5, 5.41) is 0. The minimum Gasteiger partial charge on any atom is -0.0842 e. The van der Waals surface area contributed by atoms with Gasteiger partial charge in [-0.2, -0.15) is 0 Å². The molecule has 0 bridgehead atoms. The van der Waals surface area contributed by atoms with Gasteiger partial charge in [0.05, 0.1) is 0 Å². The lowest BCUT2D eigenvalue weighted by molar-refractivity contribution is 0.375. The highest BCUT2D eigenvalue weighted by Crippen LogP contribution is 2.40. The first-order chi connectivity index (χ1) is 6.93. The van der Waals surface area contributed by atoms with Crippen molar-refractivity contribution in [3.8, 4) is 0 Å². The Morgan fingerprint density at radius 2 is 2.07 bits per heavy atom. The van der Waals surface area contributed by atoms with E-state index in [9.17, 15) is 0 Å². The van der Waals surface area contributed by atoms with Gasteiger partial charge in [-0.3, -0.25) is 0 Å². The van der Waals surface area contributed by atoms with E-state index in [1.807, 2.05) is 0 Å². The summed E-state index contributed by atoms with van der Waals surface area (Å²) in [6, 6.07) is 0. The number of rotatable bonds is 0. The lowest BCUT2D eigenvalue weighted by Gasteiger charge is -2.34. The molecular formula is C14H16. The van der Waals surface area contributed by atoms with Gasteiger partial charge in [0.15, 0.2) is 0 Å². The SMILES string of the molecule is C1=CC2C=C3C=CCC[C@@H]3CC2C=C1. The van der Waals surface area contributed by atoms with Gasteiger partial charge < -0.3 is 0 Å². The van der Waals surface area contributed by atoms with Crippen LogP contribution in [0.25, 0.3) is 0 Å². The first-order valence-corrected chi connectivity index (χ1v) is 5.67. The average Bonchev–Trinajstić information content (AvgIpc) is 2.26. The van der Waals surface area contributed by atoms with Crippen molar-refractivity contribution in [2.45, 2.75) is 19.3 Å². The highest BCUT2D eigenvalue weighted by Gasteiger charge is 2.28. The van der Waals surface area contributed by atoms with E-state index in [4.69, 9.17) is 0 Å². The summed E-state index contributed by atoms with van der Waals surface area (Å²) < 4.78 is 0. The van der Waals surface area contributed by atoms with E-state index >= 15 is 0 Å². The molecule has 0 heterocycles. The van der Waals surface area contributed by atoms with Gasteiger partial charge in [-0.25, -0.2) is 0 Å². The standard InChI is InChI=1S/C14H16/c1-2-6-12-10-14-8-4-3-7-13(14)9-11(12)5-1/h1-3,5-7,9,11-12,14H,4,8,10H2/t11?,12?,14-/m1/s1. The number of hydrogen-bond acceptors (Lipinski definition) is 0. The van der Waals surface area contributed by atoms with Crippen molar-refractivity contribution in [1.82, 2.24) is 0 Å². The molecule has 0 aliphatic heterocycles. The molecule has 3 aliphatic carbocycles. The molecule has 0 amide bonds. The Kier molecular flexibility index (Phi) is 1.93. The Balaban J connectivity index is 1.95. The van der Waals surface area contributed by atoms with Crippen LogP contribution >= 0.6 is 0 Å². The summed E-state index contributed by atoms with van der Waals surface area (Å²) in [5.74, 6) is 2.30. The Bertz CT molecular complexity index is 341. The molecule has 0 saturated heterocycles. The van der Waals surface area contributed by atoms with Gasteiger partial charge in [-0.05, 0) is 36.7 Å². The summed E-state index contributed by atoms with van der Waals surface area (Å²) in [4.78, 5) is 0. The van der Waals surface area contributed by atoms with Crippen LogP contribution in [0, 0.1) is 17.8 Å². The quantitative estimate of drug-likeness (QED) is 0.539. The summed E-state index contributed by atoms with van der Waals surface area (Å²) in [6.45, 7) is 0. The maximum atomic E-state index is 2.48. The molecular weight excluding hydrogens is 168 g/mol. The van der Waals surface area contributed by atoms with E-state index in [2.05, 4.69) is 42.5 Å². The van der Waals surface area contributed by atoms with E-state index in [1.54, 1.807) is 5.57 Å². The van der Waals surface area contributed by atoms with Crippen molar-refractivity contribution < 1.29 is 0 Å². The average molecular weight is 184 g/mol. The second-order valence-corrected chi connectivity index (χ2v) is 4.59. The van der Waals surface area contributed by atoms with Crippen LogP contribution in [0.1, 0.15) is 19.3 Å². The fourth-order valence-electron chi connectivity index (χ4n) is 2.90. The van der Waals surface area contributed by atoms with Crippen LogP contribution in [0.3, 0.4) is 0 Å². The summed E-state index contributed by atoms with van der Waals surface area (Å²) >= 11 is 0. The summed E-state index contributed by atoms with van der Waals surface area (Å²) in [6.07, 6.45) is 20.3. The molecule has 0 aromatic carbocycles. The summed E-state index contributed by atoms with van der Waals surface area (Å²) in [5.41, 5.74) is 1.59. The predicted molar refractivity (Wildman–Crippen MR) is 59.8 cm³/mol. The molecule has 0 fully saturated rings. The molecule has 0 aromatic heterocycles. The third kappa shape index (κ3) is 1.30. The van der Waals surface area contributed by atoms with Crippen molar-refractivity contribution >= 4 is 0 Å². The maximum absolute atomic E-state index is 2.48. The van der Waals surface area contributed by atoms with Crippen LogP contribution in [0.5, 0.6) is 0 Å². The smallest absolute Gasteiger partial charge is 0.00187 e. The minimum atomic E-state index is 0.675. The zero-order chi connectivity index (χ0) is 9.38. The van der Waals surface area contributed by atoms with Crippen LogP contribution < -0.4 is 0 Å². The van der Waals surface area contributed by atoms with Crippen molar-refractivity contribution in [2.75, 3.05) is 0 Å². The van der Waals surface area contributed by atoms with Crippen molar-refractivity contribution in [2.24, 2.45) is 17.8 Å². The fraction of sp³-hybridized carbons (Fsp3) is 0.429. The van der Waals surface area contributed by atoms with E-state index in [0.29, 0.717) is 5.92 Å². The Morgan fingerprint density at radius 3 is 3.07 bits per heavy atom. The molecule has 0 N–H and O–H groups in total. The van der Waals surface area contributed by atoms with Crippen molar-refractivity contribution in [3.05, 3.63) is 48.1 Å². The highest BCUT2D eigenvalue weighted by molar-refractivity contribution is 5.33. The predicted octanol–water partition coefficient (Wildman–Crippen LogP) is 3.64. The monoisotopic (exact) mass is 184 g/mol. The van der Waals surface area contributed by atoms with E-state index in [0.717, 1.165) is 11.8 Å². The molecule has 3 aliphatic rings. The molecule has 72 valence electrons. The van der Waals surface area contributed by atoms with Gasteiger partial charge in [0.1, 0.15) is 0 Å². The molecule has 0 radical (unpaired) electrons. The van der Waals surface area contributed by atoms with Crippen LogP contribution in [0.2, 0.25) is 0 Å². The van der Waals surface area contributed by atoms with Gasteiger partial charge in [-0.15, -0.1) is 0 Å². The largest absolute Gasteiger partial charge is 0.0842 e. The van der Waals surface area contributed by atoms with Crippen LogP contribution in [0.15, 0.2) is 48.1 Å². The highest BCUT2D eigenvalue weighted by atomic mass is 14.3. The van der Waals surface area contributed by atoms with Gasteiger partial charge in [0.2, 0.25) is 0 Å².